The van der Waals surface area contributed by atoms with Gasteiger partial charge in [0.25, 0.3) is 5.91 Å². The molecule has 158 valence electrons. The Morgan fingerprint density at radius 1 is 1.03 bits per heavy atom. The summed E-state index contributed by atoms with van der Waals surface area (Å²) in [5, 5.41) is 0.576. The number of amides is 2. The molecule has 0 aliphatic carbocycles. The van der Waals surface area contributed by atoms with E-state index >= 15 is 0 Å². The Labute approximate surface area is 182 Å². The van der Waals surface area contributed by atoms with E-state index in [0.717, 1.165) is 31.6 Å². The molecule has 0 unspecified atom stereocenters. The molecule has 0 spiro atoms. The summed E-state index contributed by atoms with van der Waals surface area (Å²) in [5.74, 6) is 1.28. The Morgan fingerprint density at radius 3 is 2.67 bits per heavy atom. The van der Waals surface area contributed by atoms with Crippen molar-refractivity contribution in [1.82, 2.24) is 9.80 Å². The largest absolute Gasteiger partial charge is 0.493 e. The Balaban J connectivity index is 1.32. The van der Waals surface area contributed by atoms with Crippen molar-refractivity contribution in [3.63, 3.8) is 0 Å². The summed E-state index contributed by atoms with van der Waals surface area (Å²) in [5.41, 5.74) is 0.639. The monoisotopic (exact) mass is 426 g/mol. The second-order valence-electron chi connectivity index (χ2n) is 8.02. The zero-order valence-electron chi connectivity index (χ0n) is 17.0. The number of nitrogens with zero attached hydrogens (tertiary/aromatic N) is 2. The predicted octanol–water partition coefficient (Wildman–Crippen LogP) is 4.26. The van der Waals surface area contributed by atoms with Gasteiger partial charge in [-0.05, 0) is 55.5 Å². The molecule has 2 heterocycles. The molecule has 2 aliphatic rings. The fourth-order valence-corrected chi connectivity index (χ4v) is 4.79. The van der Waals surface area contributed by atoms with Gasteiger partial charge < -0.3 is 14.5 Å². The zero-order valence-corrected chi connectivity index (χ0v) is 17.8. The van der Waals surface area contributed by atoms with Crippen LogP contribution in [0.5, 0.6) is 5.75 Å². The van der Waals surface area contributed by atoms with Crippen molar-refractivity contribution in [3.8, 4) is 5.75 Å². The molecule has 2 atom stereocenters. The minimum absolute atomic E-state index is 0.0447. The van der Waals surface area contributed by atoms with Crippen LogP contribution in [0.25, 0.3) is 0 Å². The third-order valence-electron chi connectivity index (χ3n) is 6.08. The summed E-state index contributed by atoms with van der Waals surface area (Å²) in [6, 6.07) is 16.9. The number of likely N-dealkylation sites (tertiary alicyclic amines) is 2. The van der Waals surface area contributed by atoms with Crippen molar-refractivity contribution in [1.29, 1.82) is 0 Å². The normalized spacial score (nSPS) is 21.1. The summed E-state index contributed by atoms with van der Waals surface area (Å²) in [6.07, 6.45) is 3.21. The lowest BCUT2D eigenvalue weighted by Gasteiger charge is -2.47. The first-order chi connectivity index (χ1) is 14.6. The van der Waals surface area contributed by atoms with Crippen LogP contribution in [0.4, 0.5) is 0 Å². The van der Waals surface area contributed by atoms with Gasteiger partial charge in [-0.15, -0.1) is 0 Å². The first-order valence-electron chi connectivity index (χ1n) is 10.6. The van der Waals surface area contributed by atoms with Crippen molar-refractivity contribution >= 4 is 23.4 Å². The van der Waals surface area contributed by atoms with E-state index in [1.165, 1.54) is 0 Å². The molecule has 0 saturated carbocycles. The van der Waals surface area contributed by atoms with Gasteiger partial charge in [-0.1, -0.05) is 35.9 Å². The number of para-hydroxylation sites is 1. The minimum atomic E-state index is 0.0447. The van der Waals surface area contributed by atoms with E-state index in [1.54, 1.807) is 12.1 Å². The van der Waals surface area contributed by atoms with Crippen LogP contribution >= 0.6 is 11.6 Å². The van der Waals surface area contributed by atoms with E-state index in [0.29, 0.717) is 42.6 Å². The van der Waals surface area contributed by atoms with Gasteiger partial charge in [-0.2, -0.15) is 0 Å². The minimum Gasteiger partial charge on any atom is -0.493 e. The lowest BCUT2D eigenvalue weighted by atomic mass is 9.83. The van der Waals surface area contributed by atoms with Gasteiger partial charge in [0.1, 0.15) is 5.75 Å². The van der Waals surface area contributed by atoms with Crippen LogP contribution in [0.1, 0.15) is 36.0 Å². The predicted molar refractivity (Wildman–Crippen MR) is 117 cm³/mol. The number of fused-ring (bicyclic) bond motifs is 1. The van der Waals surface area contributed by atoms with Crippen molar-refractivity contribution in [2.45, 2.75) is 31.7 Å². The van der Waals surface area contributed by atoms with Crippen molar-refractivity contribution in [2.75, 3.05) is 26.2 Å². The van der Waals surface area contributed by atoms with E-state index < -0.39 is 0 Å². The van der Waals surface area contributed by atoms with Crippen LogP contribution in [0, 0.1) is 5.92 Å². The smallest absolute Gasteiger partial charge is 0.254 e. The second-order valence-corrected chi connectivity index (χ2v) is 8.45. The number of piperidine rings is 2. The number of rotatable bonds is 5. The first-order valence-corrected chi connectivity index (χ1v) is 11.0. The molecule has 6 heteroatoms. The van der Waals surface area contributed by atoms with Crippen LogP contribution in [0.15, 0.2) is 54.6 Å². The second kappa shape index (κ2) is 9.52. The average Bonchev–Trinajstić information content (AvgIpc) is 2.78. The lowest BCUT2D eigenvalue weighted by molar-refractivity contribution is -0.135. The molecule has 0 bridgehead atoms. The molecule has 2 aromatic carbocycles. The number of hydrogen-bond acceptors (Lipinski definition) is 3. The standard InChI is InChI=1S/C24H27ClN2O3/c25-20-8-4-6-18(16-20)24(29)27-13-5-7-19-17-26(14-11-22(19)27)23(28)12-15-30-21-9-2-1-3-10-21/h1-4,6,8-10,16,19,22H,5,7,11-15,17H2/t19-,22+/m1/s1. The molecule has 0 aromatic heterocycles. The molecule has 30 heavy (non-hydrogen) atoms. The Kier molecular flexibility index (Phi) is 6.58. The molecule has 2 aliphatic heterocycles. The molecule has 0 radical (unpaired) electrons. The Morgan fingerprint density at radius 2 is 1.87 bits per heavy atom. The van der Waals surface area contributed by atoms with Crippen molar-refractivity contribution in [3.05, 3.63) is 65.2 Å². The molecule has 2 fully saturated rings. The molecule has 2 amide bonds. The average molecular weight is 427 g/mol. The number of carbonyl (C=O) groups excluding carboxylic acids is 2. The van der Waals surface area contributed by atoms with Gasteiger partial charge in [-0.25, -0.2) is 0 Å². The SMILES string of the molecule is O=C(CCOc1ccccc1)N1CC[C@H]2[C@H](CCCN2C(=O)c2cccc(Cl)c2)C1. The molecular weight excluding hydrogens is 400 g/mol. The van der Waals surface area contributed by atoms with Crippen LogP contribution in [-0.4, -0.2) is 53.9 Å². The summed E-state index contributed by atoms with van der Waals surface area (Å²) in [7, 11) is 0. The van der Waals surface area contributed by atoms with Crippen molar-refractivity contribution in [2.24, 2.45) is 5.92 Å². The topological polar surface area (TPSA) is 49.9 Å². The van der Waals surface area contributed by atoms with Crippen LogP contribution < -0.4 is 4.74 Å². The summed E-state index contributed by atoms with van der Waals surface area (Å²) in [6.45, 7) is 2.55. The van der Waals surface area contributed by atoms with Crippen LogP contribution in [-0.2, 0) is 4.79 Å². The zero-order chi connectivity index (χ0) is 20.9. The molecule has 2 saturated heterocycles. The highest BCUT2D eigenvalue weighted by Gasteiger charge is 2.39. The quantitative estimate of drug-likeness (QED) is 0.717. The van der Waals surface area contributed by atoms with Gasteiger partial charge in [-0.3, -0.25) is 9.59 Å². The highest BCUT2D eigenvalue weighted by atomic mass is 35.5. The highest BCUT2D eigenvalue weighted by Crippen LogP contribution is 2.32. The lowest BCUT2D eigenvalue weighted by Crippen LogP contribution is -2.56. The Bertz CT molecular complexity index is 889. The summed E-state index contributed by atoms with van der Waals surface area (Å²) < 4.78 is 5.67. The number of carbonyl (C=O) groups is 2. The molecular formula is C24H27ClN2O3. The third-order valence-corrected chi connectivity index (χ3v) is 6.32. The molecule has 5 nitrogen and oxygen atoms in total. The van der Waals surface area contributed by atoms with Crippen LogP contribution in [0.2, 0.25) is 5.02 Å². The maximum atomic E-state index is 13.1. The molecule has 4 rings (SSSR count). The van der Waals surface area contributed by atoms with E-state index in [2.05, 4.69) is 0 Å². The maximum Gasteiger partial charge on any atom is 0.254 e. The van der Waals surface area contributed by atoms with E-state index in [1.807, 2.05) is 52.3 Å². The first kappa shape index (κ1) is 20.7. The molecule has 0 N–H and O–H groups in total. The number of benzene rings is 2. The third kappa shape index (κ3) is 4.78. The van der Waals surface area contributed by atoms with Gasteiger partial charge in [0.2, 0.25) is 5.91 Å². The molecule has 2 aromatic rings. The summed E-state index contributed by atoms with van der Waals surface area (Å²) >= 11 is 6.07. The number of halogens is 1. The highest BCUT2D eigenvalue weighted by molar-refractivity contribution is 6.30. The van der Waals surface area contributed by atoms with Crippen molar-refractivity contribution < 1.29 is 14.3 Å². The van der Waals surface area contributed by atoms with Gasteiger partial charge in [0.15, 0.2) is 0 Å². The van der Waals surface area contributed by atoms with Crippen LogP contribution in [0.3, 0.4) is 0 Å². The fourth-order valence-electron chi connectivity index (χ4n) is 4.60. The Hall–Kier alpha value is -2.53. The summed E-state index contributed by atoms with van der Waals surface area (Å²) in [4.78, 5) is 29.7. The number of hydrogen-bond donors (Lipinski definition) is 0. The fraction of sp³-hybridized carbons (Fsp3) is 0.417. The van der Waals surface area contributed by atoms with Gasteiger partial charge >= 0.3 is 0 Å². The van der Waals surface area contributed by atoms with E-state index in [4.69, 9.17) is 16.3 Å². The van der Waals surface area contributed by atoms with Gasteiger partial charge in [0, 0.05) is 36.3 Å². The number of ether oxygens (including phenoxy) is 1. The van der Waals surface area contributed by atoms with Gasteiger partial charge in [0.05, 0.1) is 13.0 Å². The van der Waals surface area contributed by atoms with E-state index in [-0.39, 0.29) is 17.9 Å². The van der Waals surface area contributed by atoms with E-state index in [9.17, 15) is 9.59 Å². The maximum absolute atomic E-state index is 13.1.